The third kappa shape index (κ3) is 3.78. The minimum Gasteiger partial charge on any atom is -0.316 e. The quantitative estimate of drug-likeness (QED) is 0.859. The molecule has 0 aliphatic heterocycles. The van der Waals surface area contributed by atoms with Crippen LogP contribution in [0.2, 0.25) is 0 Å². The first-order valence-corrected chi connectivity index (χ1v) is 7.78. The second-order valence-corrected chi connectivity index (χ2v) is 6.03. The van der Waals surface area contributed by atoms with Gasteiger partial charge >= 0.3 is 0 Å². The van der Waals surface area contributed by atoms with Crippen molar-refractivity contribution in [1.29, 1.82) is 0 Å². The number of nitrogens with zero attached hydrogens (tertiary/aromatic N) is 3. The number of aromatic nitrogens is 3. The summed E-state index contributed by atoms with van der Waals surface area (Å²) in [7, 11) is 2.09. The van der Waals surface area contributed by atoms with E-state index < -0.39 is 0 Å². The van der Waals surface area contributed by atoms with Crippen LogP contribution in [0.25, 0.3) is 0 Å². The zero-order valence-corrected chi connectivity index (χ0v) is 12.6. The minimum atomic E-state index is 0.544. The van der Waals surface area contributed by atoms with Crippen molar-refractivity contribution in [2.24, 2.45) is 11.8 Å². The number of aryl methyl sites for hydroxylation is 1. The predicted molar refractivity (Wildman–Crippen MR) is 78.0 cm³/mol. The lowest BCUT2D eigenvalue weighted by molar-refractivity contribution is 0.224. The maximum Gasteiger partial charge on any atom is 0.138 e. The molecule has 1 heterocycles. The van der Waals surface area contributed by atoms with E-state index in [9.17, 15) is 0 Å². The van der Waals surface area contributed by atoms with E-state index >= 15 is 0 Å². The van der Waals surface area contributed by atoms with Gasteiger partial charge in [0, 0.05) is 19.0 Å². The van der Waals surface area contributed by atoms with Gasteiger partial charge in [0.05, 0.1) is 0 Å². The molecule has 2 rings (SSSR count). The molecule has 0 bridgehead atoms. The third-order valence-corrected chi connectivity index (χ3v) is 4.45. The normalized spacial score (nSPS) is 25.4. The highest BCUT2D eigenvalue weighted by atomic mass is 15.3. The summed E-state index contributed by atoms with van der Waals surface area (Å²) < 4.78 is 2.07. The van der Waals surface area contributed by atoms with Crippen molar-refractivity contribution in [3.05, 3.63) is 12.2 Å². The van der Waals surface area contributed by atoms with E-state index in [0.717, 1.165) is 37.0 Å². The van der Waals surface area contributed by atoms with Crippen LogP contribution in [-0.4, -0.2) is 27.9 Å². The summed E-state index contributed by atoms with van der Waals surface area (Å²) in [6.07, 6.45) is 9.31. The summed E-state index contributed by atoms with van der Waals surface area (Å²) in [5.74, 6) is 2.81. The largest absolute Gasteiger partial charge is 0.316 e. The Morgan fingerprint density at radius 3 is 3.00 bits per heavy atom. The Morgan fingerprint density at radius 2 is 2.32 bits per heavy atom. The SMILES string of the molecule is CCCn1ncnc1CC(NC)C1CCCC(C)C1. The predicted octanol–water partition coefficient (Wildman–Crippen LogP) is 2.64. The summed E-state index contributed by atoms with van der Waals surface area (Å²) in [5.41, 5.74) is 0. The van der Waals surface area contributed by atoms with Crippen molar-refractivity contribution in [2.45, 2.75) is 65.0 Å². The van der Waals surface area contributed by atoms with Crippen molar-refractivity contribution in [3.63, 3.8) is 0 Å². The first-order valence-electron chi connectivity index (χ1n) is 7.78. The maximum atomic E-state index is 4.45. The van der Waals surface area contributed by atoms with Gasteiger partial charge in [0.25, 0.3) is 0 Å². The van der Waals surface area contributed by atoms with Gasteiger partial charge in [0.15, 0.2) is 0 Å². The Kier molecular flexibility index (Phi) is 5.37. The first-order chi connectivity index (χ1) is 9.24. The average Bonchev–Trinajstić information content (AvgIpc) is 2.84. The smallest absolute Gasteiger partial charge is 0.138 e. The number of nitrogens with one attached hydrogen (secondary N) is 1. The molecule has 4 heteroatoms. The first kappa shape index (κ1) is 14.5. The summed E-state index contributed by atoms with van der Waals surface area (Å²) in [4.78, 5) is 4.45. The van der Waals surface area contributed by atoms with Gasteiger partial charge in [-0.1, -0.05) is 26.7 Å². The molecule has 0 amide bonds. The van der Waals surface area contributed by atoms with Gasteiger partial charge in [-0.2, -0.15) is 5.10 Å². The van der Waals surface area contributed by atoms with Crippen LogP contribution in [0.15, 0.2) is 6.33 Å². The Bertz CT molecular complexity index is 374. The molecule has 4 nitrogen and oxygen atoms in total. The van der Waals surface area contributed by atoms with Crippen LogP contribution in [-0.2, 0) is 13.0 Å². The number of hydrogen-bond acceptors (Lipinski definition) is 3. The molecule has 1 aliphatic rings. The molecule has 3 unspecified atom stereocenters. The zero-order valence-electron chi connectivity index (χ0n) is 12.6. The summed E-state index contributed by atoms with van der Waals surface area (Å²) in [6, 6.07) is 0.544. The lowest BCUT2D eigenvalue weighted by Crippen LogP contribution is -2.38. The zero-order chi connectivity index (χ0) is 13.7. The van der Waals surface area contributed by atoms with Crippen LogP contribution in [0.5, 0.6) is 0 Å². The lowest BCUT2D eigenvalue weighted by Gasteiger charge is -2.33. The molecule has 0 radical (unpaired) electrons. The van der Waals surface area contributed by atoms with Crippen LogP contribution in [0.3, 0.4) is 0 Å². The Labute approximate surface area is 117 Å². The van der Waals surface area contributed by atoms with E-state index in [0.29, 0.717) is 6.04 Å². The lowest BCUT2D eigenvalue weighted by atomic mass is 9.77. The van der Waals surface area contributed by atoms with Crippen molar-refractivity contribution in [2.75, 3.05) is 7.05 Å². The molecule has 1 aliphatic carbocycles. The van der Waals surface area contributed by atoms with Crippen LogP contribution >= 0.6 is 0 Å². The van der Waals surface area contributed by atoms with Crippen molar-refractivity contribution < 1.29 is 0 Å². The molecular weight excluding hydrogens is 236 g/mol. The van der Waals surface area contributed by atoms with E-state index in [2.05, 4.69) is 41.0 Å². The fourth-order valence-corrected chi connectivity index (χ4v) is 3.39. The minimum absolute atomic E-state index is 0.544. The van der Waals surface area contributed by atoms with Gasteiger partial charge in [-0.25, -0.2) is 4.98 Å². The summed E-state index contributed by atoms with van der Waals surface area (Å²) >= 11 is 0. The van der Waals surface area contributed by atoms with Crippen LogP contribution in [0, 0.1) is 11.8 Å². The van der Waals surface area contributed by atoms with Crippen molar-refractivity contribution in [1.82, 2.24) is 20.1 Å². The summed E-state index contributed by atoms with van der Waals surface area (Å²) in [6.45, 7) is 5.55. The molecule has 1 N–H and O–H groups in total. The van der Waals surface area contributed by atoms with Gasteiger partial charge in [-0.15, -0.1) is 0 Å². The van der Waals surface area contributed by atoms with E-state index in [1.807, 2.05) is 0 Å². The van der Waals surface area contributed by atoms with E-state index in [1.54, 1.807) is 6.33 Å². The fourth-order valence-electron chi connectivity index (χ4n) is 3.39. The topological polar surface area (TPSA) is 42.7 Å². The van der Waals surface area contributed by atoms with Crippen LogP contribution in [0.4, 0.5) is 0 Å². The highest BCUT2D eigenvalue weighted by Gasteiger charge is 2.26. The average molecular weight is 264 g/mol. The standard InChI is InChI=1S/C15H28N4/c1-4-8-19-15(17-11-18-19)10-14(16-3)13-7-5-6-12(2)9-13/h11-14,16H,4-10H2,1-3H3. The molecule has 1 saturated carbocycles. The molecular formula is C15H28N4. The highest BCUT2D eigenvalue weighted by molar-refractivity contribution is 4.93. The number of hydrogen-bond donors (Lipinski definition) is 1. The second-order valence-electron chi connectivity index (χ2n) is 6.03. The molecule has 0 aromatic carbocycles. The number of rotatable bonds is 6. The van der Waals surface area contributed by atoms with Crippen LogP contribution < -0.4 is 5.32 Å². The summed E-state index contributed by atoms with van der Waals surface area (Å²) in [5, 5.41) is 7.85. The van der Waals surface area contributed by atoms with Crippen molar-refractivity contribution in [3.8, 4) is 0 Å². The molecule has 0 spiro atoms. The van der Waals surface area contributed by atoms with Gasteiger partial charge < -0.3 is 5.32 Å². The molecule has 3 atom stereocenters. The van der Waals surface area contributed by atoms with E-state index in [4.69, 9.17) is 0 Å². The monoisotopic (exact) mass is 264 g/mol. The molecule has 0 saturated heterocycles. The van der Waals surface area contributed by atoms with Gasteiger partial charge in [-0.05, 0) is 38.1 Å². The Balaban J connectivity index is 1.99. The molecule has 1 aromatic heterocycles. The molecule has 108 valence electrons. The molecule has 1 aromatic rings. The van der Waals surface area contributed by atoms with Crippen LogP contribution in [0.1, 0.15) is 51.8 Å². The fraction of sp³-hybridized carbons (Fsp3) is 0.867. The van der Waals surface area contributed by atoms with E-state index in [1.165, 1.54) is 25.7 Å². The Morgan fingerprint density at radius 1 is 1.47 bits per heavy atom. The van der Waals surface area contributed by atoms with Crippen molar-refractivity contribution >= 4 is 0 Å². The van der Waals surface area contributed by atoms with Gasteiger partial charge in [0.1, 0.15) is 12.2 Å². The van der Waals surface area contributed by atoms with Gasteiger partial charge in [-0.3, -0.25) is 4.68 Å². The van der Waals surface area contributed by atoms with E-state index in [-0.39, 0.29) is 0 Å². The second kappa shape index (κ2) is 7.04. The Hall–Kier alpha value is -0.900. The maximum absolute atomic E-state index is 4.45. The number of likely N-dealkylation sites (N-methyl/N-ethyl adjacent to an activating group) is 1. The third-order valence-electron chi connectivity index (χ3n) is 4.45. The molecule has 1 fully saturated rings. The van der Waals surface area contributed by atoms with Gasteiger partial charge in [0.2, 0.25) is 0 Å². The highest BCUT2D eigenvalue weighted by Crippen LogP contribution is 2.31. The molecule has 19 heavy (non-hydrogen) atoms.